The van der Waals surface area contributed by atoms with Gasteiger partial charge in [-0.15, -0.1) is 11.8 Å². The van der Waals surface area contributed by atoms with Crippen molar-refractivity contribution in [3.8, 4) is 0 Å². The zero-order valence-electron chi connectivity index (χ0n) is 13.6. The zero-order valence-corrected chi connectivity index (χ0v) is 14.4. The lowest BCUT2D eigenvalue weighted by Gasteiger charge is -2.24. The molecule has 2 aliphatic heterocycles. The summed E-state index contributed by atoms with van der Waals surface area (Å²) in [5, 5.41) is 10.2. The summed E-state index contributed by atoms with van der Waals surface area (Å²) >= 11 is 1.92. The fourth-order valence-corrected chi connectivity index (χ4v) is 4.50. The van der Waals surface area contributed by atoms with Crippen LogP contribution in [0.5, 0.6) is 0 Å². The molecular formula is C18H26N2O2S. The van der Waals surface area contributed by atoms with Crippen LogP contribution in [-0.2, 0) is 4.79 Å². The van der Waals surface area contributed by atoms with E-state index < -0.39 is 6.10 Å². The maximum atomic E-state index is 11.6. The number of nitrogens with zero attached hydrogens (tertiary/aromatic N) is 2. The number of β-amino-alcohol motifs (C(OH)–C–C–N with tert-alkyl or cyclic N) is 1. The maximum Gasteiger partial charge on any atom is 0.222 e. The molecule has 2 fully saturated rings. The molecule has 126 valence electrons. The average Bonchev–Trinajstić information content (AvgIpc) is 3.16. The first-order chi connectivity index (χ1) is 11.2. The molecule has 0 bridgehead atoms. The molecule has 0 aliphatic carbocycles. The Kier molecular flexibility index (Phi) is 5.97. The molecule has 3 rings (SSSR count). The third kappa shape index (κ3) is 4.96. The largest absolute Gasteiger partial charge is 0.390 e. The predicted molar refractivity (Wildman–Crippen MR) is 93.5 cm³/mol. The molecule has 5 heteroatoms. The van der Waals surface area contributed by atoms with Crippen LogP contribution in [0.25, 0.3) is 0 Å². The molecule has 0 saturated carbocycles. The average molecular weight is 334 g/mol. The van der Waals surface area contributed by atoms with Gasteiger partial charge in [0.15, 0.2) is 0 Å². The number of carbonyl (C=O) groups is 1. The quantitative estimate of drug-likeness (QED) is 0.776. The highest BCUT2D eigenvalue weighted by molar-refractivity contribution is 7.99. The number of likely N-dealkylation sites (tertiary alicyclic amines) is 2. The van der Waals surface area contributed by atoms with E-state index in [0.717, 1.165) is 31.8 Å². The minimum absolute atomic E-state index is 0.197. The van der Waals surface area contributed by atoms with Gasteiger partial charge in [-0.05, 0) is 37.4 Å². The summed E-state index contributed by atoms with van der Waals surface area (Å²) in [6.45, 7) is 4.12. The lowest BCUT2D eigenvalue weighted by Crippen LogP contribution is -2.40. The molecule has 0 spiro atoms. The van der Waals surface area contributed by atoms with Gasteiger partial charge in [0.1, 0.15) is 0 Å². The first kappa shape index (κ1) is 16.8. The third-order valence-electron chi connectivity index (χ3n) is 4.67. The molecule has 1 aromatic carbocycles. The summed E-state index contributed by atoms with van der Waals surface area (Å²) in [6.07, 6.45) is 2.37. The van der Waals surface area contributed by atoms with E-state index in [0.29, 0.717) is 25.4 Å². The van der Waals surface area contributed by atoms with Crippen molar-refractivity contribution in [2.75, 3.05) is 38.5 Å². The number of thioether (sulfide) groups is 1. The van der Waals surface area contributed by atoms with Crippen molar-refractivity contribution in [1.29, 1.82) is 0 Å². The number of amides is 1. The summed E-state index contributed by atoms with van der Waals surface area (Å²) < 4.78 is 0. The molecule has 0 radical (unpaired) electrons. The second kappa shape index (κ2) is 8.18. The van der Waals surface area contributed by atoms with Crippen LogP contribution in [0.15, 0.2) is 35.2 Å². The highest BCUT2D eigenvalue weighted by Crippen LogP contribution is 2.26. The molecule has 0 aromatic heterocycles. The maximum absolute atomic E-state index is 11.6. The molecule has 1 N–H and O–H groups in total. The summed E-state index contributed by atoms with van der Waals surface area (Å²) in [6, 6.07) is 10.5. The van der Waals surface area contributed by atoms with Crippen molar-refractivity contribution in [2.45, 2.75) is 30.3 Å². The van der Waals surface area contributed by atoms with E-state index in [4.69, 9.17) is 0 Å². The molecule has 2 saturated heterocycles. The summed E-state index contributed by atoms with van der Waals surface area (Å²) in [7, 11) is 0. The van der Waals surface area contributed by atoms with E-state index in [1.54, 1.807) is 0 Å². The number of carbonyl (C=O) groups excluding carboxylic acids is 1. The Balaban J connectivity index is 1.36. The van der Waals surface area contributed by atoms with Crippen LogP contribution in [0.1, 0.15) is 19.3 Å². The van der Waals surface area contributed by atoms with E-state index in [9.17, 15) is 9.90 Å². The van der Waals surface area contributed by atoms with Crippen molar-refractivity contribution < 1.29 is 9.90 Å². The number of aliphatic hydroxyl groups excluding tert-OH is 1. The number of aliphatic hydroxyl groups is 1. The van der Waals surface area contributed by atoms with Gasteiger partial charge in [0, 0.05) is 43.2 Å². The Bertz CT molecular complexity index is 511. The van der Waals surface area contributed by atoms with Crippen LogP contribution in [0, 0.1) is 5.92 Å². The highest BCUT2D eigenvalue weighted by Gasteiger charge is 2.27. The van der Waals surface area contributed by atoms with Crippen molar-refractivity contribution in [3.63, 3.8) is 0 Å². The second-order valence-electron chi connectivity index (χ2n) is 6.64. The van der Waals surface area contributed by atoms with Crippen molar-refractivity contribution >= 4 is 17.7 Å². The van der Waals surface area contributed by atoms with Crippen LogP contribution in [0.2, 0.25) is 0 Å². The molecule has 2 aliphatic rings. The van der Waals surface area contributed by atoms with Crippen LogP contribution in [-0.4, -0.2) is 65.4 Å². The molecule has 1 amide bonds. The van der Waals surface area contributed by atoms with Gasteiger partial charge in [0.05, 0.1) is 6.10 Å². The lowest BCUT2D eigenvalue weighted by atomic mass is 10.2. The van der Waals surface area contributed by atoms with E-state index in [2.05, 4.69) is 29.2 Å². The van der Waals surface area contributed by atoms with Gasteiger partial charge < -0.3 is 14.9 Å². The smallest absolute Gasteiger partial charge is 0.222 e. The van der Waals surface area contributed by atoms with E-state index in [-0.39, 0.29) is 5.91 Å². The molecule has 4 nitrogen and oxygen atoms in total. The Morgan fingerprint density at radius 2 is 2.04 bits per heavy atom. The Hall–Kier alpha value is -1.04. The number of hydrogen-bond donors (Lipinski definition) is 1. The SMILES string of the molecule is O=C1CCCN1CC(O)CN1CCC(CSc2ccccc2)C1. The molecular weight excluding hydrogens is 308 g/mol. The molecule has 2 atom stereocenters. The summed E-state index contributed by atoms with van der Waals surface area (Å²) in [5.74, 6) is 2.03. The van der Waals surface area contributed by atoms with Gasteiger partial charge in [-0.25, -0.2) is 0 Å². The minimum atomic E-state index is -0.419. The monoisotopic (exact) mass is 334 g/mol. The standard InChI is InChI=1S/C18H26N2O2S/c21-16(13-20-9-4-7-18(20)22)12-19-10-8-15(11-19)14-23-17-5-2-1-3-6-17/h1-3,5-6,15-16,21H,4,7-14H2. The first-order valence-electron chi connectivity index (χ1n) is 8.57. The van der Waals surface area contributed by atoms with Crippen LogP contribution in [0.3, 0.4) is 0 Å². The van der Waals surface area contributed by atoms with Gasteiger partial charge in [0.25, 0.3) is 0 Å². The van der Waals surface area contributed by atoms with Gasteiger partial charge in [-0.1, -0.05) is 18.2 Å². The van der Waals surface area contributed by atoms with Crippen molar-refractivity contribution in [2.24, 2.45) is 5.92 Å². The normalized spacial score (nSPS) is 23.6. The van der Waals surface area contributed by atoms with Gasteiger partial charge in [-0.3, -0.25) is 4.79 Å². The second-order valence-corrected chi connectivity index (χ2v) is 7.73. The topological polar surface area (TPSA) is 43.8 Å². The minimum Gasteiger partial charge on any atom is -0.390 e. The summed E-state index contributed by atoms with van der Waals surface area (Å²) in [5.41, 5.74) is 0. The van der Waals surface area contributed by atoms with Gasteiger partial charge in [0.2, 0.25) is 5.91 Å². The fourth-order valence-electron chi connectivity index (χ4n) is 3.45. The van der Waals surface area contributed by atoms with E-state index in [1.807, 2.05) is 22.7 Å². The fraction of sp³-hybridized carbons (Fsp3) is 0.611. The molecule has 2 unspecified atom stereocenters. The predicted octanol–water partition coefficient (Wildman–Crippen LogP) is 2.08. The Morgan fingerprint density at radius 3 is 2.78 bits per heavy atom. The number of benzene rings is 1. The Morgan fingerprint density at radius 1 is 1.22 bits per heavy atom. The first-order valence-corrected chi connectivity index (χ1v) is 9.55. The van der Waals surface area contributed by atoms with Gasteiger partial charge >= 0.3 is 0 Å². The van der Waals surface area contributed by atoms with Crippen LogP contribution < -0.4 is 0 Å². The van der Waals surface area contributed by atoms with Crippen LogP contribution >= 0.6 is 11.8 Å². The summed E-state index contributed by atoms with van der Waals surface area (Å²) in [4.78, 5) is 17.1. The Labute approximate surface area is 142 Å². The van der Waals surface area contributed by atoms with Gasteiger partial charge in [-0.2, -0.15) is 0 Å². The van der Waals surface area contributed by atoms with Crippen molar-refractivity contribution in [3.05, 3.63) is 30.3 Å². The molecule has 2 heterocycles. The molecule has 23 heavy (non-hydrogen) atoms. The third-order valence-corrected chi connectivity index (χ3v) is 5.91. The number of hydrogen-bond acceptors (Lipinski definition) is 4. The zero-order chi connectivity index (χ0) is 16.1. The lowest BCUT2D eigenvalue weighted by molar-refractivity contribution is -0.129. The molecule has 1 aromatic rings. The van der Waals surface area contributed by atoms with Crippen LogP contribution in [0.4, 0.5) is 0 Å². The highest BCUT2D eigenvalue weighted by atomic mass is 32.2. The van der Waals surface area contributed by atoms with Crippen molar-refractivity contribution in [1.82, 2.24) is 9.80 Å². The van der Waals surface area contributed by atoms with E-state index >= 15 is 0 Å². The number of rotatable bonds is 7. The van der Waals surface area contributed by atoms with E-state index in [1.165, 1.54) is 11.3 Å².